The van der Waals surface area contributed by atoms with Gasteiger partial charge in [-0.05, 0) is 42.9 Å². The van der Waals surface area contributed by atoms with Crippen molar-refractivity contribution >= 4 is 33.2 Å². The molecule has 0 bridgehead atoms. The summed E-state index contributed by atoms with van der Waals surface area (Å²) in [7, 11) is 1.21. The first kappa shape index (κ1) is 20.4. The van der Waals surface area contributed by atoms with E-state index < -0.39 is 10.0 Å². The monoisotopic (exact) mass is 395 g/mol. The molecule has 2 aromatic rings. The van der Waals surface area contributed by atoms with Gasteiger partial charge in [0, 0.05) is 31.4 Å². The number of benzene rings is 2. The molecule has 26 heavy (non-hydrogen) atoms. The number of rotatable bonds is 7. The minimum absolute atomic E-state index is 0.132. The third-order valence-electron chi connectivity index (χ3n) is 3.65. The van der Waals surface area contributed by atoms with Gasteiger partial charge >= 0.3 is 0 Å². The molecule has 0 aromatic heterocycles. The van der Waals surface area contributed by atoms with E-state index in [-0.39, 0.29) is 17.3 Å². The molecule has 0 aliphatic heterocycles. The number of halogens is 1. The number of hydrogen-bond acceptors (Lipinski definition) is 4. The number of amides is 1. The molecule has 0 aliphatic carbocycles. The van der Waals surface area contributed by atoms with Crippen LogP contribution < -0.4 is 5.32 Å². The van der Waals surface area contributed by atoms with E-state index in [0.717, 1.165) is 9.87 Å². The van der Waals surface area contributed by atoms with Crippen LogP contribution in [0, 0.1) is 0 Å². The van der Waals surface area contributed by atoms with E-state index in [2.05, 4.69) is 5.32 Å². The first-order valence-electron chi connectivity index (χ1n) is 7.94. The Morgan fingerprint density at radius 2 is 1.77 bits per heavy atom. The fourth-order valence-electron chi connectivity index (χ4n) is 2.39. The molecule has 140 valence electrons. The van der Waals surface area contributed by atoms with Crippen LogP contribution in [0.15, 0.2) is 53.4 Å². The van der Waals surface area contributed by atoms with Gasteiger partial charge < -0.3 is 5.32 Å². The zero-order valence-corrected chi connectivity index (χ0v) is 16.5. The van der Waals surface area contributed by atoms with Crippen LogP contribution in [0.5, 0.6) is 0 Å². The van der Waals surface area contributed by atoms with Gasteiger partial charge in [-0.2, -0.15) is 0 Å². The molecule has 2 rings (SSSR count). The lowest BCUT2D eigenvalue weighted by Gasteiger charge is -2.17. The fourth-order valence-corrected chi connectivity index (χ4v) is 3.55. The molecule has 0 radical (unpaired) electrons. The number of likely N-dealkylation sites (N-methyl/N-ethyl adjacent to an activating group) is 1. The Kier molecular flexibility index (Phi) is 6.77. The molecule has 0 unspecified atom stereocenters. The fraction of sp³-hybridized carbons (Fsp3) is 0.278. The second-order valence-electron chi connectivity index (χ2n) is 6.17. The van der Waals surface area contributed by atoms with Crippen LogP contribution in [0.3, 0.4) is 0 Å². The summed E-state index contributed by atoms with van der Waals surface area (Å²) in [5, 5.41) is 3.38. The summed E-state index contributed by atoms with van der Waals surface area (Å²) in [5.74, 6) is -0.228. The first-order chi connectivity index (χ1) is 12.2. The SMILES string of the molecule is CN(CC(=O)Nc1cccc(S(=O)(=O)N(C)C)c1)Cc1cccc(Cl)c1. The summed E-state index contributed by atoms with van der Waals surface area (Å²) in [6, 6.07) is 13.7. The molecule has 0 spiro atoms. The van der Waals surface area contributed by atoms with Crippen molar-refractivity contribution in [3.05, 3.63) is 59.1 Å². The minimum atomic E-state index is -3.54. The number of anilines is 1. The Labute approximate surface area is 159 Å². The maximum atomic E-state index is 12.2. The van der Waals surface area contributed by atoms with Crippen LogP contribution in [0.2, 0.25) is 5.02 Å². The zero-order chi connectivity index (χ0) is 19.3. The molecule has 0 fully saturated rings. The quantitative estimate of drug-likeness (QED) is 0.782. The molecule has 1 amide bonds. The van der Waals surface area contributed by atoms with Crippen molar-refractivity contribution in [1.82, 2.24) is 9.21 Å². The van der Waals surface area contributed by atoms with Crippen molar-refractivity contribution in [2.24, 2.45) is 0 Å². The number of carbonyl (C=O) groups is 1. The van der Waals surface area contributed by atoms with Crippen molar-refractivity contribution in [2.45, 2.75) is 11.4 Å². The molecule has 0 atom stereocenters. The highest BCUT2D eigenvalue weighted by atomic mass is 35.5. The van der Waals surface area contributed by atoms with E-state index in [9.17, 15) is 13.2 Å². The van der Waals surface area contributed by atoms with Crippen LogP contribution in [-0.2, 0) is 21.4 Å². The van der Waals surface area contributed by atoms with Gasteiger partial charge in [-0.25, -0.2) is 12.7 Å². The van der Waals surface area contributed by atoms with Crippen molar-refractivity contribution in [3.63, 3.8) is 0 Å². The molecule has 0 aliphatic rings. The maximum absolute atomic E-state index is 12.2. The average molecular weight is 396 g/mol. The first-order valence-corrected chi connectivity index (χ1v) is 9.76. The third-order valence-corrected chi connectivity index (χ3v) is 5.70. The van der Waals surface area contributed by atoms with Gasteiger partial charge in [0.2, 0.25) is 15.9 Å². The highest BCUT2D eigenvalue weighted by molar-refractivity contribution is 7.89. The van der Waals surface area contributed by atoms with E-state index in [1.807, 2.05) is 30.1 Å². The normalized spacial score (nSPS) is 11.8. The summed E-state index contributed by atoms with van der Waals surface area (Å²) in [6.45, 7) is 0.736. The number of sulfonamides is 1. The van der Waals surface area contributed by atoms with Gasteiger partial charge in [-0.3, -0.25) is 9.69 Å². The van der Waals surface area contributed by atoms with Crippen molar-refractivity contribution in [3.8, 4) is 0 Å². The van der Waals surface area contributed by atoms with Gasteiger partial charge in [0.1, 0.15) is 0 Å². The Morgan fingerprint density at radius 3 is 2.42 bits per heavy atom. The Morgan fingerprint density at radius 1 is 1.08 bits per heavy atom. The second kappa shape index (κ2) is 8.64. The summed E-state index contributed by atoms with van der Waals surface area (Å²) in [5.41, 5.74) is 1.45. The van der Waals surface area contributed by atoms with E-state index >= 15 is 0 Å². The summed E-state index contributed by atoms with van der Waals surface area (Å²) >= 11 is 5.96. The number of hydrogen-bond donors (Lipinski definition) is 1. The van der Waals surface area contributed by atoms with E-state index in [1.54, 1.807) is 18.2 Å². The molecule has 0 saturated heterocycles. The average Bonchev–Trinajstić information content (AvgIpc) is 2.54. The van der Waals surface area contributed by atoms with Crippen LogP contribution in [0.25, 0.3) is 0 Å². The zero-order valence-electron chi connectivity index (χ0n) is 14.9. The van der Waals surface area contributed by atoms with Crippen molar-refractivity contribution in [2.75, 3.05) is 33.0 Å². The molecule has 1 N–H and O–H groups in total. The standard InChI is InChI=1S/C18H22ClN3O3S/c1-21(2)26(24,25)17-9-5-8-16(11-17)20-18(23)13-22(3)12-14-6-4-7-15(19)10-14/h4-11H,12-13H2,1-3H3,(H,20,23). The summed E-state index contributed by atoms with van der Waals surface area (Å²) < 4.78 is 25.5. The summed E-state index contributed by atoms with van der Waals surface area (Å²) in [6.07, 6.45) is 0. The lowest BCUT2D eigenvalue weighted by molar-refractivity contribution is -0.117. The van der Waals surface area contributed by atoms with Crippen molar-refractivity contribution < 1.29 is 13.2 Å². The van der Waals surface area contributed by atoms with Gasteiger partial charge in [0.15, 0.2) is 0 Å². The lowest BCUT2D eigenvalue weighted by atomic mass is 10.2. The molecule has 0 saturated carbocycles. The predicted molar refractivity (Wildman–Crippen MR) is 104 cm³/mol. The number of nitrogens with one attached hydrogen (secondary N) is 1. The smallest absolute Gasteiger partial charge is 0.242 e. The number of carbonyl (C=O) groups excluding carboxylic acids is 1. The molecule has 0 heterocycles. The van der Waals surface area contributed by atoms with Gasteiger partial charge in [0.05, 0.1) is 11.4 Å². The Hall–Kier alpha value is -1.93. The molecule has 8 heteroatoms. The topological polar surface area (TPSA) is 69.7 Å². The Bertz CT molecular complexity index is 885. The van der Waals surface area contributed by atoms with Gasteiger partial charge in [0.25, 0.3) is 0 Å². The minimum Gasteiger partial charge on any atom is -0.325 e. The van der Waals surface area contributed by atoms with Crippen LogP contribution >= 0.6 is 11.6 Å². The van der Waals surface area contributed by atoms with Crippen LogP contribution in [-0.4, -0.2) is 51.2 Å². The molecular weight excluding hydrogens is 374 g/mol. The number of nitrogens with zero attached hydrogens (tertiary/aromatic N) is 2. The van der Waals surface area contributed by atoms with Crippen molar-refractivity contribution in [1.29, 1.82) is 0 Å². The van der Waals surface area contributed by atoms with Crippen LogP contribution in [0.4, 0.5) is 5.69 Å². The van der Waals surface area contributed by atoms with E-state index in [4.69, 9.17) is 11.6 Å². The summed E-state index contributed by atoms with van der Waals surface area (Å²) in [4.78, 5) is 14.2. The molecule has 2 aromatic carbocycles. The third kappa shape index (κ3) is 5.54. The largest absolute Gasteiger partial charge is 0.325 e. The highest BCUT2D eigenvalue weighted by Gasteiger charge is 2.17. The Balaban J connectivity index is 1.99. The van der Waals surface area contributed by atoms with Crippen LogP contribution in [0.1, 0.15) is 5.56 Å². The second-order valence-corrected chi connectivity index (χ2v) is 8.75. The molecule has 6 nitrogen and oxygen atoms in total. The van der Waals surface area contributed by atoms with E-state index in [1.165, 1.54) is 26.2 Å². The highest BCUT2D eigenvalue weighted by Crippen LogP contribution is 2.18. The predicted octanol–water partition coefficient (Wildman–Crippen LogP) is 2.66. The molecular formula is C18H22ClN3O3S. The van der Waals surface area contributed by atoms with Gasteiger partial charge in [-0.1, -0.05) is 29.8 Å². The lowest BCUT2D eigenvalue weighted by Crippen LogP contribution is -2.30. The van der Waals surface area contributed by atoms with E-state index in [0.29, 0.717) is 17.3 Å². The van der Waals surface area contributed by atoms with Gasteiger partial charge in [-0.15, -0.1) is 0 Å². The maximum Gasteiger partial charge on any atom is 0.242 e.